The van der Waals surface area contributed by atoms with Gasteiger partial charge in [0, 0.05) is 50.2 Å². The summed E-state index contributed by atoms with van der Waals surface area (Å²) < 4.78 is 1.82. The summed E-state index contributed by atoms with van der Waals surface area (Å²) in [6, 6.07) is 5.70. The normalized spacial score (nSPS) is 21.0. The molecular weight excluding hydrogens is 378 g/mol. The zero-order chi connectivity index (χ0) is 21.3. The first-order valence-corrected chi connectivity index (χ1v) is 10.3. The van der Waals surface area contributed by atoms with Crippen molar-refractivity contribution in [1.82, 2.24) is 29.5 Å². The molecule has 5 heterocycles. The smallest absolute Gasteiger partial charge is 0.256 e. The van der Waals surface area contributed by atoms with Gasteiger partial charge in [-0.3, -0.25) is 4.98 Å². The van der Waals surface area contributed by atoms with Gasteiger partial charge in [-0.15, -0.1) is 5.10 Å². The van der Waals surface area contributed by atoms with Crippen LogP contribution < -0.4 is 10.6 Å². The Morgan fingerprint density at radius 3 is 2.33 bits per heavy atom. The molecule has 0 radical (unpaired) electrons. The van der Waals surface area contributed by atoms with E-state index in [9.17, 15) is 0 Å². The predicted octanol–water partition coefficient (Wildman–Crippen LogP) is 2.06. The van der Waals surface area contributed by atoms with Crippen LogP contribution in [-0.2, 0) is 0 Å². The molecule has 30 heavy (non-hydrogen) atoms. The molecule has 158 valence electrons. The molecule has 0 aromatic carbocycles. The number of likely N-dealkylation sites (tertiary alicyclic amines) is 1. The molecule has 0 spiro atoms. The standard InChI is InChI=1S/C17H20N8.C4H9N/c1-23-7-12-9-24(10-13(12)8-23)15-6-14(18)20-17-21-16(22-25(15)17)11-2-4-19-5-3-11;1-4(2)3-5/h2-6,12-13H,7-10H2,1H3,(H2,18,20,21,22);3-5H,1-2H3. The van der Waals surface area contributed by atoms with Gasteiger partial charge in [-0.2, -0.15) is 14.5 Å². The number of pyridine rings is 1. The Balaban J connectivity index is 0.000000393. The van der Waals surface area contributed by atoms with E-state index in [-0.39, 0.29) is 0 Å². The molecule has 3 N–H and O–H groups in total. The lowest BCUT2D eigenvalue weighted by Gasteiger charge is -2.21. The van der Waals surface area contributed by atoms with Crippen LogP contribution in [0.5, 0.6) is 0 Å². The minimum atomic E-state index is 0.426. The van der Waals surface area contributed by atoms with Crippen LogP contribution in [0.1, 0.15) is 13.8 Å². The third-order valence-electron chi connectivity index (χ3n) is 5.58. The molecule has 0 amide bonds. The SMILES string of the molecule is CC(C)C=N.CN1CC2CN(c3cc(N)nc4nc(-c5ccncc5)nn34)CC2C1. The van der Waals surface area contributed by atoms with Gasteiger partial charge in [-0.25, -0.2) is 0 Å². The molecule has 0 saturated carbocycles. The number of hydrogen-bond acceptors (Lipinski definition) is 8. The predicted molar refractivity (Wildman–Crippen MR) is 119 cm³/mol. The van der Waals surface area contributed by atoms with E-state index in [1.165, 1.54) is 6.21 Å². The lowest BCUT2D eigenvalue weighted by Crippen LogP contribution is -2.28. The summed E-state index contributed by atoms with van der Waals surface area (Å²) in [6.07, 6.45) is 4.89. The number of nitrogens with two attached hydrogens (primary N) is 1. The van der Waals surface area contributed by atoms with E-state index in [0.717, 1.165) is 37.6 Å². The molecule has 3 aromatic rings. The molecule has 2 fully saturated rings. The Kier molecular flexibility index (Phi) is 5.63. The van der Waals surface area contributed by atoms with E-state index in [4.69, 9.17) is 11.1 Å². The van der Waals surface area contributed by atoms with Gasteiger partial charge in [0.05, 0.1) is 0 Å². The quantitative estimate of drug-likeness (QED) is 0.639. The van der Waals surface area contributed by atoms with Crippen molar-refractivity contribution in [3.05, 3.63) is 30.6 Å². The maximum absolute atomic E-state index is 6.53. The first-order chi connectivity index (χ1) is 14.4. The van der Waals surface area contributed by atoms with E-state index in [2.05, 4.69) is 36.9 Å². The van der Waals surface area contributed by atoms with Gasteiger partial charge in [-0.1, -0.05) is 13.8 Å². The highest BCUT2D eigenvalue weighted by atomic mass is 15.4. The van der Waals surface area contributed by atoms with Gasteiger partial charge in [0.25, 0.3) is 5.78 Å². The van der Waals surface area contributed by atoms with Gasteiger partial charge in [0.15, 0.2) is 5.82 Å². The van der Waals surface area contributed by atoms with E-state index >= 15 is 0 Å². The lowest BCUT2D eigenvalue weighted by molar-refractivity contribution is 0.386. The Labute approximate surface area is 176 Å². The Morgan fingerprint density at radius 1 is 1.10 bits per heavy atom. The maximum atomic E-state index is 6.53. The fourth-order valence-corrected chi connectivity index (χ4v) is 4.13. The largest absolute Gasteiger partial charge is 0.383 e. The molecule has 2 unspecified atom stereocenters. The minimum absolute atomic E-state index is 0.426. The molecule has 0 bridgehead atoms. The Morgan fingerprint density at radius 2 is 1.73 bits per heavy atom. The first kappa shape index (κ1) is 20.2. The van der Waals surface area contributed by atoms with E-state index in [0.29, 0.717) is 35.2 Å². The van der Waals surface area contributed by atoms with Crippen molar-refractivity contribution in [3.8, 4) is 11.4 Å². The van der Waals surface area contributed by atoms with Gasteiger partial charge >= 0.3 is 0 Å². The second-order valence-corrected chi connectivity index (χ2v) is 8.48. The zero-order valence-corrected chi connectivity index (χ0v) is 17.7. The van der Waals surface area contributed by atoms with Crippen LogP contribution in [-0.4, -0.2) is 68.9 Å². The van der Waals surface area contributed by atoms with Gasteiger partial charge in [0.2, 0.25) is 0 Å². The number of nitrogen functional groups attached to an aromatic ring is 1. The van der Waals surface area contributed by atoms with Crippen molar-refractivity contribution in [2.75, 3.05) is 43.9 Å². The average Bonchev–Trinajstić information content (AvgIpc) is 3.41. The van der Waals surface area contributed by atoms with Crippen molar-refractivity contribution in [1.29, 1.82) is 5.41 Å². The number of rotatable bonds is 3. The molecule has 9 heteroatoms. The summed E-state index contributed by atoms with van der Waals surface area (Å²) in [4.78, 5) is 17.8. The molecule has 2 aliphatic rings. The van der Waals surface area contributed by atoms with Crippen molar-refractivity contribution in [2.24, 2.45) is 17.8 Å². The van der Waals surface area contributed by atoms with E-state index < -0.39 is 0 Å². The molecule has 5 rings (SSSR count). The van der Waals surface area contributed by atoms with E-state index in [1.54, 1.807) is 12.4 Å². The minimum Gasteiger partial charge on any atom is -0.383 e. The number of hydrogen-bond donors (Lipinski definition) is 2. The third kappa shape index (κ3) is 4.11. The summed E-state index contributed by atoms with van der Waals surface area (Å²) in [6.45, 7) is 8.32. The van der Waals surface area contributed by atoms with E-state index in [1.807, 2.05) is 36.6 Å². The first-order valence-electron chi connectivity index (χ1n) is 10.3. The molecule has 2 aliphatic heterocycles. The topological polar surface area (TPSA) is 112 Å². The highest BCUT2D eigenvalue weighted by molar-refractivity contribution is 5.60. The zero-order valence-electron chi connectivity index (χ0n) is 17.7. The van der Waals surface area contributed by atoms with Crippen molar-refractivity contribution >= 4 is 23.6 Å². The summed E-state index contributed by atoms with van der Waals surface area (Å²) in [5, 5.41) is 11.2. The third-order valence-corrected chi connectivity index (χ3v) is 5.58. The van der Waals surface area contributed by atoms with Gasteiger partial charge in [0.1, 0.15) is 11.6 Å². The van der Waals surface area contributed by atoms with Crippen molar-refractivity contribution in [2.45, 2.75) is 13.8 Å². The average molecular weight is 408 g/mol. The highest BCUT2D eigenvalue weighted by Gasteiger charge is 2.39. The van der Waals surface area contributed by atoms with Crippen LogP contribution in [0.15, 0.2) is 30.6 Å². The summed E-state index contributed by atoms with van der Waals surface area (Å²) in [7, 11) is 2.20. The number of nitrogens with one attached hydrogen (secondary N) is 1. The molecule has 9 nitrogen and oxygen atoms in total. The van der Waals surface area contributed by atoms with Crippen molar-refractivity contribution < 1.29 is 0 Å². The molecule has 3 aromatic heterocycles. The number of aromatic nitrogens is 5. The van der Waals surface area contributed by atoms with Gasteiger partial charge < -0.3 is 20.9 Å². The van der Waals surface area contributed by atoms with Crippen LogP contribution in [0.3, 0.4) is 0 Å². The fraction of sp³-hybridized carbons (Fsp3) is 0.476. The molecule has 2 saturated heterocycles. The number of nitrogens with zero attached hydrogens (tertiary/aromatic N) is 7. The van der Waals surface area contributed by atoms with Crippen LogP contribution in [0.25, 0.3) is 17.2 Å². The molecule has 0 aliphatic carbocycles. The monoisotopic (exact) mass is 407 g/mol. The maximum Gasteiger partial charge on any atom is 0.256 e. The molecular formula is C21H29N9. The van der Waals surface area contributed by atoms with Crippen LogP contribution in [0, 0.1) is 23.2 Å². The fourth-order valence-electron chi connectivity index (χ4n) is 4.13. The Hall–Kier alpha value is -3.07. The summed E-state index contributed by atoms with van der Waals surface area (Å²) >= 11 is 0. The second-order valence-electron chi connectivity index (χ2n) is 8.48. The van der Waals surface area contributed by atoms with Crippen LogP contribution in [0.2, 0.25) is 0 Å². The Bertz CT molecular complexity index is 1000. The van der Waals surface area contributed by atoms with Crippen LogP contribution in [0.4, 0.5) is 11.6 Å². The lowest BCUT2D eigenvalue weighted by atomic mass is 10.0. The number of fused-ring (bicyclic) bond motifs is 2. The summed E-state index contributed by atoms with van der Waals surface area (Å²) in [5.41, 5.74) is 6.96. The highest BCUT2D eigenvalue weighted by Crippen LogP contribution is 2.34. The summed E-state index contributed by atoms with van der Waals surface area (Å²) in [5.74, 6) is 4.47. The molecule has 2 atom stereocenters. The second kappa shape index (κ2) is 8.35. The van der Waals surface area contributed by atoms with Crippen molar-refractivity contribution in [3.63, 3.8) is 0 Å². The van der Waals surface area contributed by atoms with Gasteiger partial charge in [-0.05, 0) is 43.1 Å². The number of anilines is 2. The van der Waals surface area contributed by atoms with Crippen LogP contribution >= 0.6 is 0 Å².